The second-order valence-electron chi connectivity index (χ2n) is 5.48. The van der Waals surface area contributed by atoms with Crippen molar-refractivity contribution in [2.24, 2.45) is 0 Å². The summed E-state index contributed by atoms with van der Waals surface area (Å²) in [4.78, 5) is 16.6. The summed E-state index contributed by atoms with van der Waals surface area (Å²) in [7, 11) is 0. The van der Waals surface area contributed by atoms with Gasteiger partial charge in [-0.25, -0.2) is 9.50 Å². The molecular formula is C19H13BrN4O2. The molecular weight excluding hydrogens is 396 g/mol. The molecule has 26 heavy (non-hydrogen) atoms. The molecule has 1 amide bonds. The van der Waals surface area contributed by atoms with E-state index in [9.17, 15) is 4.79 Å². The Labute approximate surface area is 157 Å². The van der Waals surface area contributed by atoms with Crippen molar-refractivity contribution in [3.05, 3.63) is 83.2 Å². The number of anilines is 1. The number of hydrogen-bond donors (Lipinski definition) is 1. The highest BCUT2D eigenvalue weighted by Crippen LogP contribution is 2.24. The number of carbonyl (C=O) groups excluding carboxylic acids is 1. The monoisotopic (exact) mass is 408 g/mol. The zero-order chi connectivity index (χ0) is 17.9. The minimum atomic E-state index is -0.264. The van der Waals surface area contributed by atoms with Gasteiger partial charge in [0.25, 0.3) is 5.91 Å². The van der Waals surface area contributed by atoms with Gasteiger partial charge in [-0.2, -0.15) is 5.10 Å². The summed E-state index contributed by atoms with van der Waals surface area (Å²) in [6, 6.07) is 16.5. The molecule has 0 radical (unpaired) electrons. The van der Waals surface area contributed by atoms with Crippen LogP contribution < -0.4 is 10.1 Å². The van der Waals surface area contributed by atoms with Crippen molar-refractivity contribution in [1.29, 1.82) is 0 Å². The largest absolute Gasteiger partial charge is 0.457 e. The average Bonchev–Trinajstić information content (AvgIpc) is 3.09. The highest BCUT2D eigenvalue weighted by atomic mass is 79.9. The third-order valence-corrected chi connectivity index (χ3v) is 4.21. The van der Waals surface area contributed by atoms with Crippen molar-refractivity contribution < 1.29 is 9.53 Å². The standard InChI is InChI=1S/C19H13BrN4O2/c20-13-2-6-15(7-3-13)26-16-8-4-14(5-9-16)23-19(25)17-12-22-24-11-1-10-21-18(17)24/h1-12H,(H,23,25). The SMILES string of the molecule is O=C(Nc1ccc(Oc2ccc(Br)cc2)cc1)c1cnn2cccnc12. The summed E-state index contributed by atoms with van der Waals surface area (Å²) in [6.45, 7) is 0. The number of ether oxygens (including phenoxy) is 1. The van der Waals surface area contributed by atoms with Crippen LogP contribution in [0.3, 0.4) is 0 Å². The van der Waals surface area contributed by atoms with Crippen molar-refractivity contribution in [3.8, 4) is 11.5 Å². The zero-order valence-corrected chi connectivity index (χ0v) is 15.1. The molecule has 4 rings (SSSR count). The lowest BCUT2D eigenvalue weighted by Gasteiger charge is -2.08. The molecule has 0 saturated carbocycles. The van der Waals surface area contributed by atoms with Crippen LogP contribution in [-0.2, 0) is 0 Å². The van der Waals surface area contributed by atoms with E-state index in [1.807, 2.05) is 24.3 Å². The molecule has 0 unspecified atom stereocenters. The van der Waals surface area contributed by atoms with E-state index in [0.29, 0.717) is 22.6 Å². The lowest BCUT2D eigenvalue weighted by molar-refractivity contribution is 0.102. The number of hydrogen-bond acceptors (Lipinski definition) is 4. The Morgan fingerprint density at radius 1 is 1.04 bits per heavy atom. The molecule has 2 heterocycles. The van der Waals surface area contributed by atoms with Crippen LogP contribution in [0.15, 0.2) is 77.7 Å². The highest BCUT2D eigenvalue weighted by Gasteiger charge is 2.13. The smallest absolute Gasteiger partial charge is 0.261 e. The molecule has 4 aromatic rings. The van der Waals surface area contributed by atoms with Crippen LogP contribution in [-0.4, -0.2) is 20.5 Å². The summed E-state index contributed by atoms with van der Waals surface area (Å²) in [5, 5.41) is 6.96. The summed E-state index contributed by atoms with van der Waals surface area (Å²) in [5.41, 5.74) is 1.59. The molecule has 0 aliphatic rings. The maximum Gasteiger partial charge on any atom is 0.261 e. The maximum absolute atomic E-state index is 12.5. The maximum atomic E-state index is 12.5. The molecule has 0 fully saturated rings. The van der Waals surface area contributed by atoms with Crippen molar-refractivity contribution in [1.82, 2.24) is 14.6 Å². The first-order valence-corrected chi connectivity index (χ1v) is 8.61. The van der Waals surface area contributed by atoms with E-state index in [0.717, 1.165) is 10.2 Å². The first-order chi connectivity index (χ1) is 12.7. The molecule has 7 heteroatoms. The molecule has 0 aliphatic heterocycles. The number of nitrogens with one attached hydrogen (secondary N) is 1. The van der Waals surface area contributed by atoms with Gasteiger partial charge >= 0.3 is 0 Å². The van der Waals surface area contributed by atoms with Crippen LogP contribution in [0.2, 0.25) is 0 Å². The van der Waals surface area contributed by atoms with Gasteiger partial charge in [-0.1, -0.05) is 15.9 Å². The van der Waals surface area contributed by atoms with Gasteiger partial charge in [0, 0.05) is 22.6 Å². The van der Waals surface area contributed by atoms with E-state index in [4.69, 9.17) is 4.74 Å². The third kappa shape index (κ3) is 3.43. The van der Waals surface area contributed by atoms with Gasteiger partial charge in [0.1, 0.15) is 17.1 Å². The molecule has 6 nitrogen and oxygen atoms in total. The Balaban J connectivity index is 1.47. The molecule has 0 aliphatic carbocycles. The van der Waals surface area contributed by atoms with E-state index >= 15 is 0 Å². The summed E-state index contributed by atoms with van der Waals surface area (Å²) in [5.74, 6) is 1.16. The first kappa shape index (κ1) is 16.3. The second-order valence-corrected chi connectivity index (χ2v) is 6.40. The molecule has 2 aromatic heterocycles. The first-order valence-electron chi connectivity index (χ1n) is 7.82. The normalized spacial score (nSPS) is 10.7. The second kappa shape index (κ2) is 6.97. The number of carbonyl (C=O) groups is 1. The van der Waals surface area contributed by atoms with E-state index in [-0.39, 0.29) is 5.91 Å². The third-order valence-electron chi connectivity index (χ3n) is 3.69. The van der Waals surface area contributed by atoms with E-state index in [2.05, 4.69) is 31.3 Å². The Kier molecular flexibility index (Phi) is 4.37. The van der Waals surface area contributed by atoms with E-state index in [1.54, 1.807) is 47.2 Å². The van der Waals surface area contributed by atoms with Gasteiger partial charge in [0.05, 0.1) is 6.20 Å². The van der Waals surface area contributed by atoms with Gasteiger partial charge in [0.2, 0.25) is 0 Å². The Hall–Kier alpha value is -3.19. The van der Waals surface area contributed by atoms with Gasteiger partial charge < -0.3 is 10.1 Å². The van der Waals surface area contributed by atoms with E-state index < -0.39 is 0 Å². The number of benzene rings is 2. The summed E-state index contributed by atoms with van der Waals surface area (Å²) < 4.78 is 8.32. The summed E-state index contributed by atoms with van der Waals surface area (Å²) in [6.07, 6.45) is 4.87. The van der Waals surface area contributed by atoms with Gasteiger partial charge in [-0.05, 0) is 54.6 Å². The number of halogens is 1. The van der Waals surface area contributed by atoms with Gasteiger partial charge in [-0.3, -0.25) is 4.79 Å². The zero-order valence-electron chi connectivity index (χ0n) is 13.5. The topological polar surface area (TPSA) is 68.5 Å². The van der Waals surface area contributed by atoms with Crippen LogP contribution in [0.4, 0.5) is 5.69 Å². The van der Waals surface area contributed by atoms with Crippen LogP contribution in [0, 0.1) is 0 Å². The summed E-state index contributed by atoms with van der Waals surface area (Å²) >= 11 is 3.39. The number of nitrogens with zero attached hydrogens (tertiary/aromatic N) is 3. The molecule has 0 bridgehead atoms. The number of fused-ring (bicyclic) bond motifs is 1. The lowest BCUT2D eigenvalue weighted by atomic mass is 10.2. The van der Waals surface area contributed by atoms with Crippen LogP contribution in [0.1, 0.15) is 10.4 Å². The minimum absolute atomic E-state index is 0.264. The Morgan fingerprint density at radius 3 is 2.46 bits per heavy atom. The number of aromatic nitrogens is 3. The molecule has 0 saturated heterocycles. The highest BCUT2D eigenvalue weighted by molar-refractivity contribution is 9.10. The quantitative estimate of drug-likeness (QED) is 0.538. The van der Waals surface area contributed by atoms with Gasteiger partial charge in [0.15, 0.2) is 5.65 Å². The predicted octanol–water partition coefficient (Wildman–Crippen LogP) is 4.54. The Morgan fingerprint density at radius 2 is 1.73 bits per heavy atom. The fourth-order valence-electron chi connectivity index (χ4n) is 2.43. The van der Waals surface area contributed by atoms with Crippen molar-refractivity contribution in [2.45, 2.75) is 0 Å². The van der Waals surface area contributed by atoms with Crippen LogP contribution in [0.25, 0.3) is 5.65 Å². The number of rotatable bonds is 4. The average molecular weight is 409 g/mol. The fourth-order valence-corrected chi connectivity index (χ4v) is 2.70. The number of amides is 1. The lowest BCUT2D eigenvalue weighted by Crippen LogP contribution is -2.11. The van der Waals surface area contributed by atoms with Crippen LogP contribution >= 0.6 is 15.9 Å². The van der Waals surface area contributed by atoms with Crippen molar-refractivity contribution in [3.63, 3.8) is 0 Å². The van der Waals surface area contributed by atoms with Gasteiger partial charge in [-0.15, -0.1) is 0 Å². The Bertz CT molecular complexity index is 1060. The molecule has 1 N–H and O–H groups in total. The molecule has 128 valence electrons. The minimum Gasteiger partial charge on any atom is -0.457 e. The molecule has 0 atom stereocenters. The van der Waals surface area contributed by atoms with Crippen molar-refractivity contribution >= 4 is 33.2 Å². The van der Waals surface area contributed by atoms with E-state index in [1.165, 1.54) is 6.20 Å². The molecule has 0 spiro atoms. The molecule has 2 aromatic carbocycles. The predicted molar refractivity (Wildman–Crippen MR) is 102 cm³/mol. The van der Waals surface area contributed by atoms with Crippen molar-refractivity contribution in [2.75, 3.05) is 5.32 Å². The fraction of sp³-hybridized carbons (Fsp3) is 0. The van der Waals surface area contributed by atoms with Crippen LogP contribution in [0.5, 0.6) is 11.5 Å².